The number of aromatic nitrogens is 2. The SMILES string of the molecule is CCCCCCCCCCCCCCCCC(O)c1nc2ccccc2c(=O)n1NC(C)=O. The Labute approximate surface area is 198 Å². The number of nitrogens with zero attached hydrogens (tertiary/aromatic N) is 2. The van der Waals surface area contributed by atoms with Gasteiger partial charge < -0.3 is 5.11 Å². The van der Waals surface area contributed by atoms with Gasteiger partial charge in [-0.05, 0) is 18.6 Å². The lowest BCUT2D eigenvalue weighted by Gasteiger charge is -2.17. The number of hydrogen-bond donors (Lipinski definition) is 2. The first-order valence-electron chi connectivity index (χ1n) is 13.0. The Kier molecular flexibility index (Phi) is 12.8. The second kappa shape index (κ2) is 15.6. The molecular weight excluding hydrogens is 414 g/mol. The molecule has 6 heteroatoms. The minimum absolute atomic E-state index is 0.198. The first-order chi connectivity index (χ1) is 16.0. The van der Waals surface area contributed by atoms with Crippen molar-refractivity contribution in [3.63, 3.8) is 0 Å². The minimum atomic E-state index is -0.897. The molecule has 33 heavy (non-hydrogen) atoms. The molecule has 0 fully saturated rings. The Morgan fingerprint density at radius 3 is 1.97 bits per heavy atom. The Bertz CT molecular complexity index is 894. The summed E-state index contributed by atoms with van der Waals surface area (Å²) in [6.45, 7) is 3.60. The molecule has 2 rings (SSSR count). The van der Waals surface area contributed by atoms with Gasteiger partial charge in [-0.1, -0.05) is 109 Å². The fourth-order valence-corrected chi connectivity index (χ4v) is 4.30. The van der Waals surface area contributed by atoms with Gasteiger partial charge in [-0.25, -0.2) is 4.98 Å². The Morgan fingerprint density at radius 2 is 1.42 bits per heavy atom. The number of rotatable bonds is 17. The molecule has 1 amide bonds. The van der Waals surface area contributed by atoms with Crippen molar-refractivity contribution in [3.05, 3.63) is 40.4 Å². The number of hydrogen-bond acceptors (Lipinski definition) is 4. The van der Waals surface area contributed by atoms with E-state index in [1.54, 1.807) is 24.3 Å². The van der Waals surface area contributed by atoms with E-state index in [1.165, 1.54) is 77.6 Å². The molecule has 0 saturated carbocycles. The van der Waals surface area contributed by atoms with Crippen LogP contribution in [0, 0.1) is 0 Å². The zero-order valence-electron chi connectivity index (χ0n) is 20.7. The zero-order chi connectivity index (χ0) is 23.9. The standard InChI is InChI=1S/C27H43N3O3/c1-3-4-5-6-7-8-9-10-11-12-13-14-15-16-21-25(32)26-28-24-20-18-17-19-23(24)27(33)30(26)29-22(2)31/h17-20,25,32H,3-16,21H2,1-2H3,(H,29,31). The maximum atomic E-state index is 12.8. The molecule has 0 saturated heterocycles. The Hall–Kier alpha value is -2.21. The van der Waals surface area contributed by atoms with E-state index in [2.05, 4.69) is 17.3 Å². The van der Waals surface area contributed by atoms with Gasteiger partial charge in [-0.2, -0.15) is 4.68 Å². The quantitative estimate of drug-likeness (QED) is 0.270. The van der Waals surface area contributed by atoms with Crippen LogP contribution in [0.15, 0.2) is 29.1 Å². The lowest BCUT2D eigenvalue weighted by molar-refractivity contribution is -0.115. The maximum Gasteiger partial charge on any atom is 0.280 e. The molecule has 6 nitrogen and oxygen atoms in total. The molecule has 1 heterocycles. The van der Waals surface area contributed by atoms with Crippen LogP contribution in [0.5, 0.6) is 0 Å². The van der Waals surface area contributed by atoms with E-state index in [9.17, 15) is 14.7 Å². The van der Waals surface area contributed by atoms with Crippen LogP contribution in [0.2, 0.25) is 0 Å². The van der Waals surface area contributed by atoms with Crippen molar-refractivity contribution in [3.8, 4) is 0 Å². The number of fused-ring (bicyclic) bond motifs is 1. The summed E-state index contributed by atoms with van der Waals surface area (Å²) in [6, 6.07) is 6.99. The highest BCUT2D eigenvalue weighted by Crippen LogP contribution is 2.20. The van der Waals surface area contributed by atoms with Gasteiger partial charge in [0.25, 0.3) is 5.56 Å². The van der Waals surface area contributed by atoms with E-state index < -0.39 is 6.10 Å². The summed E-state index contributed by atoms with van der Waals surface area (Å²) in [7, 11) is 0. The first kappa shape index (κ1) is 27.0. The topological polar surface area (TPSA) is 84.2 Å². The number of amides is 1. The number of benzene rings is 1. The van der Waals surface area contributed by atoms with Crippen molar-refractivity contribution in [2.45, 2.75) is 116 Å². The summed E-state index contributed by atoms with van der Waals surface area (Å²) in [5.74, 6) is -0.178. The average Bonchev–Trinajstić information content (AvgIpc) is 2.80. The van der Waals surface area contributed by atoms with Gasteiger partial charge in [0.1, 0.15) is 6.10 Å². The van der Waals surface area contributed by atoms with Crippen molar-refractivity contribution in [1.29, 1.82) is 0 Å². The van der Waals surface area contributed by atoms with Crippen LogP contribution in [-0.4, -0.2) is 20.7 Å². The van der Waals surface area contributed by atoms with Gasteiger partial charge >= 0.3 is 0 Å². The minimum Gasteiger partial charge on any atom is -0.385 e. The van der Waals surface area contributed by atoms with Crippen LogP contribution in [0.25, 0.3) is 10.9 Å². The van der Waals surface area contributed by atoms with Crippen molar-refractivity contribution in [1.82, 2.24) is 9.66 Å². The van der Waals surface area contributed by atoms with Crippen molar-refractivity contribution >= 4 is 16.8 Å². The van der Waals surface area contributed by atoms with Crippen molar-refractivity contribution in [2.75, 3.05) is 5.43 Å². The van der Waals surface area contributed by atoms with Gasteiger partial charge in [0.2, 0.25) is 5.91 Å². The maximum absolute atomic E-state index is 12.8. The normalized spacial score (nSPS) is 12.2. The van der Waals surface area contributed by atoms with Crippen LogP contribution in [0.1, 0.15) is 122 Å². The molecule has 1 aromatic heterocycles. The summed E-state index contributed by atoms with van der Waals surface area (Å²) >= 11 is 0. The molecule has 0 spiro atoms. The average molecular weight is 458 g/mol. The van der Waals surface area contributed by atoms with Crippen LogP contribution in [-0.2, 0) is 4.79 Å². The number of unbranched alkanes of at least 4 members (excludes halogenated alkanes) is 13. The van der Waals surface area contributed by atoms with Gasteiger partial charge in [0.15, 0.2) is 5.82 Å². The molecule has 0 radical (unpaired) electrons. The van der Waals surface area contributed by atoms with Crippen molar-refractivity contribution < 1.29 is 9.90 Å². The second-order valence-corrected chi connectivity index (χ2v) is 9.20. The van der Waals surface area contributed by atoms with Gasteiger partial charge in [-0.3, -0.25) is 15.0 Å². The summed E-state index contributed by atoms with van der Waals surface area (Å²) in [4.78, 5) is 28.9. The molecule has 184 valence electrons. The predicted octanol–water partition coefficient (Wildman–Crippen LogP) is 6.39. The van der Waals surface area contributed by atoms with Crippen LogP contribution in [0.4, 0.5) is 0 Å². The van der Waals surface area contributed by atoms with Crippen LogP contribution in [0.3, 0.4) is 0 Å². The number of para-hydroxylation sites is 1. The van der Waals surface area contributed by atoms with E-state index in [1.807, 2.05) is 0 Å². The number of nitrogens with one attached hydrogen (secondary N) is 1. The third-order valence-corrected chi connectivity index (χ3v) is 6.20. The third-order valence-electron chi connectivity index (χ3n) is 6.20. The highest BCUT2D eigenvalue weighted by Gasteiger charge is 2.18. The predicted molar refractivity (Wildman–Crippen MR) is 136 cm³/mol. The molecule has 0 aliphatic carbocycles. The smallest absolute Gasteiger partial charge is 0.280 e. The summed E-state index contributed by atoms with van der Waals surface area (Å²) < 4.78 is 1.10. The number of aliphatic hydroxyl groups is 1. The van der Waals surface area contributed by atoms with E-state index >= 15 is 0 Å². The Balaban J connectivity index is 1.68. The van der Waals surface area contributed by atoms with E-state index in [0.29, 0.717) is 17.3 Å². The molecule has 0 bridgehead atoms. The van der Waals surface area contributed by atoms with Crippen molar-refractivity contribution in [2.24, 2.45) is 0 Å². The Morgan fingerprint density at radius 1 is 0.909 bits per heavy atom. The molecule has 2 N–H and O–H groups in total. The highest BCUT2D eigenvalue weighted by molar-refractivity contribution is 5.82. The fraction of sp³-hybridized carbons (Fsp3) is 0.667. The van der Waals surface area contributed by atoms with Gasteiger partial charge in [0.05, 0.1) is 10.9 Å². The lowest BCUT2D eigenvalue weighted by Crippen LogP contribution is -2.36. The monoisotopic (exact) mass is 457 g/mol. The first-order valence-corrected chi connectivity index (χ1v) is 13.0. The largest absolute Gasteiger partial charge is 0.385 e. The summed E-state index contributed by atoms with van der Waals surface area (Å²) in [5.41, 5.74) is 2.67. The molecule has 1 aromatic carbocycles. The molecule has 1 atom stereocenters. The lowest BCUT2D eigenvalue weighted by atomic mass is 10.0. The summed E-state index contributed by atoms with van der Waals surface area (Å²) in [5, 5.41) is 11.1. The molecule has 0 aliphatic heterocycles. The van der Waals surface area contributed by atoms with Crippen LogP contribution < -0.4 is 11.0 Å². The molecule has 1 unspecified atom stereocenters. The van der Waals surface area contributed by atoms with Crippen LogP contribution >= 0.6 is 0 Å². The van der Waals surface area contributed by atoms with E-state index in [-0.39, 0.29) is 17.3 Å². The van der Waals surface area contributed by atoms with Gasteiger partial charge in [0, 0.05) is 6.92 Å². The number of aliphatic hydroxyl groups excluding tert-OH is 1. The summed E-state index contributed by atoms with van der Waals surface area (Å²) in [6.07, 6.45) is 17.5. The third kappa shape index (κ3) is 9.66. The van der Waals surface area contributed by atoms with Gasteiger partial charge in [-0.15, -0.1) is 0 Å². The molecule has 2 aromatic rings. The second-order valence-electron chi connectivity index (χ2n) is 9.20. The van der Waals surface area contributed by atoms with E-state index in [4.69, 9.17) is 0 Å². The number of carbonyl (C=O) groups excluding carboxylic acids is 1. The number of carbonyl (C=O) groups is 1. The zero-order valence-corrected chi connectivity index (χ0v) is 20.7. The van der Waals surface area contributed by atoms with E-state index in [0.717, 1.165) is 23.9 Å². The molecule has 0 aliphatic rings. The molecular formula is C27H43N3O3. The highest BCUT2D eigenvalue weighted by atomic mass is 16.3. The fourth-order valence-electron chi connectivity index (χ4n) is 4.30.